The molecule has 0 saturated carbocycles. The minimum absolute atomic E-state index is 0.126. The molecule has 1 N–H and O–H groups in total. The van der Waals surface area contributed by atoms with Crippen LogP contribution in [0.2, 0.25) is 0 Å². The van der Waals surface area contributed by atoms with Crippen molar-refractivity contribution in [3.05, 3.63) is 28.8 Å². The molecule has 0 fully saturated rings. The van der Waals surface area contributed by atoms with E-state index in [0.717, 1.165) is 6.07 Å². The van der Waals surface area contributed by atoms with E-state index < -0.39 is 30.5 Å². The highest BCUT2D eigenvalue weighted by Crippen LogP contribution is 2.24. The maximum atomic E-state index is 12.7. The molecule has 0 aliphatic carbocycles. The van der Waals surface area contributed by atoms with Gasteiger partial charge in [-0.3, -0.25) is 4.79 Å². The second kappa shape index (κ2) is 4.29. The Morgan fingerprint density at radius 3 is 2.67 bits per heavy atom. The van der Waals surface area contributed by atoms with E-state index in [1.165, 1.54) is 6.92 Å². The van der Waals surface area contributed by atoms with Crippen LogP contribution in [-0.4, -0.2) is 16.1 Å². The van der Waals surface area contributed by atoms with E-state index in [0.29, 0.717) is 0 Å². The summed E-state index contributed by atoms with van der Waals surface area (Å²) in [5.41, 5.74) is -0.756. The fourth-order valence-electron chi connectivity index (χ4n) is 1.24. The van der Waals surface area contributed by atoms with Crippen molar-refractivity contribution >= 4 is 5.97 Å². The lowest BCUT2D eigenvalue weighted by Crippen LogP contribution is -2.09. The van der Waals surface area contributed by atoms with Gasteiger partial charge in [-0.25, -0.2) is 13.8 Å². The average Bonchev–Trinajstić information content (AvgIpc) is 2.08. The first-order valence-electron chi connectivity index (χ1n) is 4.07. The van der Waals surface area contributed by atoms with Gasteiger partial charge >= 0.3 is 5.97 Å². The molecule has 1 heterocycles. The molecule has 6 heteroatoms. The van der Waals surface area contributed by atoms with Crippen LogP contribution in [0.3, 0.4) is 0 Å². The summed E-state index contributed by atoms with van der Waals surface area (Å²) in [6.45, 7) is 1.37. The molecule has 0 saturated heterocycles. The highest BCUT2D eigenvalue weighted by Gasteiger charge is 2.20. The molecule has 0 unspecified atom stereocenters. The lowest BCUT2D eigenvalue weighted by molar-refractivity contribution is -0.136. The zero-order valence-electron chi connectivity index (χ0n) is 7.80. The number of nitrogens with zero attached hydrogens (tertiary/aromatic N) is 1. The highest BCUT2D eigenvalue weighted by atomic mass is 19.3. The van der Waals surface area contributed by atoms with E-state index in [1.54, 1.807) is 0 Å². The summed E-state index contributed by atoms with van der Waals surface area (Å²) in [4.78, 5) is 13.4. The van der Waals surface area contributed by atoms with Gasteiger partial charge in [0.25, 0.3) is 6.43 Å². The van der Waals surface area contributed by atoms with Gasteiger partial charge < -0.3 is 5.11 Å². The smallest absolute Gasteiger partial charge is 0.307 e. The predicted octanol–water partition coefficient (Wildman–Crippen LogP) is 2.09. The van der Waals surface area contributed by atoms with Gasteiger partial charge in [-0.2, -0.15) is 4.39 Å². The fourth-order valence-corrected chi connectivity index (χ4v) is 1.24. The molecule has 1 aromatic heterocycles. The number of carbonyl (C=O) groups is 1. The number of hydrogen-bond acceptors (Lipinski definition) is 2. The molecule has 1 aromatic rings. The molecule has 15 heavy (non-hydrogen) atoms. The normalized spacial score (nSPS) is 10.7. The first-order valence-corrected chi connectivity index (χ1v) is 4.07. The number of pyridine rings is 1. The van der Waals surface area contributed by atoms with E-state index in [2.05, 4.69) is 4.98 Å². The fraction of sp³-hybridized carbons (Fsp3) is 0.333. The van der Waals surface area contributed by atoms with Crippen molar-refractivity contribution in [3.8, 4) is 0 Å². The van der Waals surface area contributed by atoms with E-state index in [1.807, 2.05) is 0 Å². The van der Waals surface area contributed by atoms with Gasteiger partial charge in [0.15, 0.2) is 0 Å². The van der Waals surface area contributed by atoms with Crippen LogP contribution in [0.25, 0.3) is 0 Å². The second-order valence-electron chi connectivity index (χ2n) is 3.00. The second-order valence-corrected chi connectivity index (χ2v) is 3.00. The third kappa shape index (κ3) is 2.68. The number of carboxylic acid groups (broad SMARTS) is 1. The third-order valence-corrected chi connectivity index (χ3v) is 1.88. The van der Waals surface area contributed by atoms with E-state index >= 15 is 0 Å². The monoisotopic (exact) mass is 219 g/mol. The largest absolute Gasteiger partial charge is 0.481 e. The Bertz CT molecular complexity index is 393. The number of hydrogen-bond donors (Lipinski definition) is 1. The van der Waals surface area contributed by atoms with Crippen LogP contribution in [-0.2, 0) is 11.2 Å². The highest BCUT2D eigenvalue weighted by molar-refractivity contribution is 5.71. The van der Waals surface area contributed by atoms with Crippen LogP contribution in [0, 0.1) is 12.9 Å². The Hall–Kier alpha value is -1.59. The number of aliphatic carboxylic acids is 1. The first-order chi connectivity index (χ1) is 6.91. The topological polar surface area (TPSA) is 50.2 Å². The van der Waals surface area contributed by atoms with Crippen molar-refractivity contribution in [2.75, 3.05) is 0 Å². The molecule has 0 radical (unpaired) electrons. The van der Waals surface area contributed by atoms with E-state index in [4.69, 9.17) is 5.11 Å². The van der Waals surface area contributed by atoms with E-state index in [-0.39, 0.29) is 11.1 Å². The van der Waals surface area contributed by atoms with Gasteiger partial charge in [-0.05, 0) is 24.1 Å². The van der Waals surface area contributed by atoms with Crippen molar-refractivity contribution in [1.82, 2.24) is 4.98 Å². The summed E-state index contributed by atoms with van der Waals surface area (Å²) in [7, 11) is 0. The Kier molecular flexibility index (Phi) is 3.28. The lowest BCUT2D eigenvalue weighted by atomic mass is 10.0. The zero-order valence-corrected chi connectivity index (χ0v) is 7.80. The Labute approximate surface area is 83.6 Å². The molecule has 0 aliphatic rings. The van der Waals surface area contributed by atoms with Crippen molar-refractivity contribution in [3.63, 3.8) is 0 Å². The average molecular weight is 219 g/mol. The number of rotatable bonds is 3. The number of alkyl halides is 2. The molecular weight excluding hydrogens is 211 g/mol. The number of carboxylic acids is 1. The molecule has 0 amide bonds. The van der Waals surface area contributed by atoms with Crippen LogP contribution in [0.5, 0.6) is 0 Å². The first kappa shape index (κ1) is 11.5. The van der Waals surface area contributed by atoms with Crippen molar-refractivity contribution < 1.29 is 23.1 Å². The van der Waals surface area contributed by atoms with Crippen LogP contribution in [0.1, 0.15) is 23.2 Å². The van der Waals surface area contributed by atoms with Gasteiger partial charge in [0.05, 0.1) is 6.42 Å². The molecule has 0 aliphatic heterocycles. The van der Waals surface area contributed by atoms with Gasteiger partial charge in [0.1, 0.15) is 5.69 Å². The van der Waals surface area contributed by atoms with E-state index in [9.17, 15) is 18.0 Å². The summed E-state index contributed by atoms with van der Waals surface area (Å²) in [5.74, 6) is -2.29. The van der Waals surface area contributed by atoms with Crippen molar-refractivity contribution in [2.24, 2.45) is 0 Å². The predicted molar refractivity (Wildman–Crippen MR) is 45.2 cm³/mol. The maximum absolute atomic E-state index is 12.7. The summed E-state index contributed by atoms with van der Waals surface area (Å²) in [6.07, 6.45) is -3.56. The SMILES string of the molecule is Cc1cc(F)nc(C(F)F)c1CC(=O)O. The summed E-state index contributed by atoms with van der Waals surface area (Å²) in [6, 6.07) is 0.935. The number of halogens is 3. The summed E-state index contributed by atoms with van der Waals surface area (Å²) < 4.78 is 37.5. The lowest BCUT2D eigenvalue weighted by Gasteiger charge is -2.09. The molecule has 0 atom stereocenters. The van der Waals surface area contributed by atoms with Crippen LogP contribution >= 0.6 is 0 Å². The number of aromatic nitrogens is 1. The zero-order chi connectivity index (χ0) is 11.6. The quantitative estimate of drug-likeness (QED) is 0.792. The minimum atomic E-state index is -2.98. The summed E-state index contributed by atoms with van der Waals surface area (Å²) in [5, 5.41) is 8.50. The Morgan fingerprint density at radius 1 is 1.60 bits per heavy atom. The van der Waals surface area contributed by atoms with Gasteiger partial charge in [0, 0.05) is 0 Å². The molecule has 0 spiro atoms. The van der Waals surface area contributed by atoms with Crippen molar-refractivity contribution in [1.29, 1.82) is 0 Å². The minimum Gasteiger partial charge on any atom is -0.481 e. The van der Waals surface area contributed by atoms with Crippen LogP contribution < -0.4 is 0 Å². The molecule has 1 rings (SSSR count). The molecule has 0 aromatic carbocycles. The molecular formula is C9H8F3NO2. The molecule has 3 nitrogen and oxygen atoms in total. The molecule has 0 bridgehead atoms. The number of aryl methyl sites for hydroxylation is 1. The van der Waals surface area contributed by atoms with Gasteiger partial charge in [-0.1, -0.05) is 0 Å². The summed E-state index contributed by atoms with van der Waals surface area (Å²) >= 11 is 0. The van der Waals surface area contributed by atoms with Crippen molar-refractivity contribution in [2.45, 2.75) is 19.8 Å². The van der Waals surface area contributed by atoms with Gasteiger partial charge in [0.2, 0.25) is 5.95 Å². The molecule has 82 valence electrons. The Balaban J connectivity index is 3.26. The van der Waals surface area contributed by atoms with Gasteiger partial charge in [-0.15, -0.1) is 0 Å². The Morgan fingerprint density at radius 2 is 2.20 bits per heavy atom. The van der Waals surface area contributed by atoms with Crippen LogP contribution in [0.15, 0.2) is 6.07 Å². The maximum Gasteiger partial charge on any atom is 0.307 e. The standard InChI is InChI=1S/C9H8F3NO2/c1-4-2-6(10)13-8(9(11)12)5(4)3-7(14)15/h2,9H,3H2,1H3,(H,14,15). The third-order valence-electron chi connectivity index (χ3n) is 1.88. The van der Waals surface area contributed by atoms with Crippen LogP contribution in [0.4, 0.5) is 13.2 Å².